The molecule has 2 aromatic rings. The van der Waals surface area contributed by atoms with E-state index in [1.165, 1.54) is 0 Å². The second-order valence-corrected chi connectivity index (χ2v) is 6.84. The Kier molecular flexibility index (Phi) is 5.87. The number of carbonyl (C=O) groups is 2. The zero-order valence-corrected chi connectivity index (χ0v) is 16.2. The van der Waals surface area contributed by atoms with Crippen LogP contribution in [0.4, 0.5) is 0 Å². The van der Waals surface area contributed by atoms with Gasteiger partial charge in [-0.1, -0.05) is 30.3 Å². The lowest BCUT2D eigenvalue weighted by Crippen LogP contribution is -2.49. The van der Waals surface area contributed by atoms with Gasteiger partial charge in [0.25, 0.3) is 5.91 Å². The molecule has 148 valence electrons. The number of hydrogen-bond donors (Lipinski definition) is 1. The Hall–Kier alpha value is -3.02. The van der Waals surface area contributed by atoms with Crippen LogP contribution in [0.15, 0.2) is 48.5 Å². The summed E-state index contributed by atoms with van der Waals surface area (Å²) in [4.78, 5) is 26.7. The van der Waals surface area contributed by atoms with E-state index in [-0.39, 0.29) is 5.91 Å². The highest BCUT2D eigenvalue weighted by atomic mass is 16.5. The summed E-state index contributed by atoms with van der Waals surface area (Å²) >= 11 is 0. The topological polar surface area (TPSA) is 76.1 Å². The number of rotatable bonds is 6. The smallest absolute Gasteiger partial charge is 0.314 e. The minimum Gasteiger partial charge on any atom is -0.493 e. The highest BCUT2D eigenvalue weighted by Gasteiger charge is 2.43. The molecular weight excluding hydrogens is 358 g/mol. The van der Waals surface area contributed by atoms with Gasteiger partial charge >= 0.3 is 5.97 Å². The molecule has 0 radical (unpaired) electrons. The first-order valence-electron chi connectivity index (χ1n) is 9.41. The maximum Gasteiger partial charge on any atom is 0.314 e. The van der Waals surface area contributed by atoms with Crippen molar-refractivity contribution in [3.8, 4) is 11.5 Å². The van der Waals surface area contributed by atoms with Crippen molar-refractivity contribution < 1.29 is 24.2 Å². The Labute approximate surface area is 164 Å². The van der Waals surface area contributed by atoms with Gasteiger partial charge in [0, 0.05) is 18.7 Å². The van der Waals surface area contributed by atoms with Crippen LogP contribution in [-0.4, -0.2) is 48.7 Å². The molecule has 0 atom stereocenters. The second-order valence-electron chi connectivity index (χ2n) is 6.84. The third kappa shape index (κ3) is 3.67. The van der Waals surface area contributed by atoms with Crippen molar-refractivity contribution in [3.05, 3.63) is 59.7 Å². The van der Waals surface area contributed by atoms with Gasteiger partial charge in [0.1, 0.15) is 0 Å². The molecule has 6 nitrogen and oxygen atoms in total. The largest absolute Gasteiger partial charge is 0.493 e. The van der Waals surface area contributed by atoms with E-state index in [2.05, 4.69) is 0 Å². The molecule has 1 saturated heterocycles. The Morgan fingerprint density at radius 2 is 1.75 bits per heavy atom. The molecule has 0 aromatic heterocycles. The summed E-state index contributed by atoms with van der Waals surface area (Å²) in [7, 11) is 1.55. The average molecular weight is 383 g/mol. The van der Waals surface area contributed by atoms with Gasteiger partial charge in [0.2, 0.25) is 0 Å². The Morgan fingerprint density at radius 3 is 2.32 bits per heavy atom. The third-order valence-corrected chi connectivity index (χ3v) is 5.35. The monoisotopic (exact) mass is 383 g/mol. The van der Waals surface area contributed by atoms with Gasteiger partial charge in [0.05, 0.1) is 19.1 Å². The lowest BCUT2D eigenvalue weighted by molar-refractivity contribution is -0.145. The molecule has 6 heteroatoms. The number of aliphatic carboxylic acids is 1. The fourth-order valence-electron chi connectivity index (χ4n) is 3.74. The fraction of sp³-hybridized carbons (Fsp3) is 0.364. The highest BCUT2D eigenvalue weighted by molar-refractivity contribution is 5.95. The molecule has 0 saturated carbocycles. The Bertz CT molecular complexity index is 841. The number of likely N-dealkylation sites (tertiary alicyclic amines) is 1. The highest BCUT2D eigenvalue weighted by Crippen LogP contribution is 2.36. The van der Waals surface area contributed by atoms with E-state index in [0.29, 0.717) is 49.6 Å². The predicted molar refractivity (Wildman–Crippen MR) is 105 cm³/mol. The Balaban J connectivity index is 1.78. The molecule has 0 unspecified atom stereocenters. The van der Waals surface area contributed by atoms with Crippen molar-refractivity contribution in [1.29, 1.82) is 0 Å². The van der Waals surface area contributed by atoms with Crippen LogP contribution in [0.2, 0.25) is 0 Å². The standard InChI is InChI=1S/C22H25NO5/c1-3-28-19-15-16(9-10-18(19)27-2)20(24)23-13-11-22(12-14-23,21(25)26)17-7-5-4-6-8-17/h4-10,15H,3,11-14H2,1-2H3,(H,25,26). The van der Waals surface area contributed by atoms with E-state index >= 15 is 0 Å². The second kappa shape index (κ2) is 8.33. The van der Waals surface area contributed by atoms with Crippen LogP contribution in [0, 0.1) is 0 Å². The molecule has 1 aliphatic heterocycles. The van der Waals surface area contributed by atoms with E-state index < -0.39 is 11.4 Å². The maximum absolute atomic E-state index is 13.0. The minimum absolute atomic E-state index is 0.129. The van der Waals surface area contributed by atoms with Gasteiger partial charge in [-0.05, 0) is 43.5 Å². The zero-order valence-electron chi connectivity index (χ0n) is 16.2. The number of benzene rings is 2. The molecule has 1 amide bonds. The van der Waals surface area contributed by atoms with Crippen LogP contribution in [0.25, 0.3) is 0 Å². The van der Waals surface area contributed by atoms with Crippen molar-refractivity contribution in [1.82, 2.24) is 4.90 Å². The van der Waals surface area contributed by atoms with Crippen LogP contribution in [0.3, 0.4) is 0 Å². The summed E-state index contributed by atoms with van der Waals surface area (Å²) in [6.45, 7) is 3.11. The number of piperidine rings is 1. The molecule has 3 rings (SSSR count). The van der Waals surface area contributed by atoms with Crippen molar-refractivity contribution in [3.63, 3.8) is 0 Å². The van der Waals surface area contributed by atoms with E-state index in [1.807, 2.05) is 37.3 Å². The van der Waals surface area contributed by atoms with E-state index in [9.17, 15) is 14.7 Å². The van der Waals surface area contributed by atoms with Crippen molar-refractivity contribution in [2.75, 3.05) is 26.8 Å². The molecule has 0 spiro atoms. The normalized spacial score (nSPS) is 15.7. The zero-order chi connectivity index (χ0) is 20.1. The van der Waals surface area contributed by atoms with Gasteiger partial charge < -0.3 is 19.5 Å². The van der Waals surface area contributed by atoms with Crippen LogP contribution in [-0.2, 0) is 10.2 Å². The summed E-state index contributed by atoms with van der Waals surface area (Å²) in [5, 5.41) is 9.90. The summed E-state index contributed by atoms with van der Waals surface area (Å²) < 4.78 is 10.8. The van der Waals surface area contributed by atoms with E-state index in [0.717, 1.165) is 5.56 Å². The number of hydrogen-bond acceptors (Lipinski definition) is 4. The van der Waals surface area contributed by atoms with E-state index in [4.69, 9.17) is 9.47 Å². The molecule has 0 bridgehead atoms. The molecule has 0 aliphatic carbocycles. The first-order chi connectivity index (χ1) is 13.5. The van der Waals surface area contributed by atoms with Gasteiger partial charge in [-0.25, -0.2) is 0 Å². The average Bonchev–Trinajstić information content (AvgIpc) is 2.74. The number of carboxylic acid groups (broad SMARTS) is 1. The molecule has 2 aromatic carbocycles. The van der Waals surface area contributed by atoms with Gasteiger partial charge in [-0.2, -0.15) is 0 Å². The summed E-state index contributed by atoms with van der Waals surface area (Å²) in [5.74, 6) is 0.132. The van der Waals surface area contributed by atoms with Gasteiger partial charge in [0.15, 0.2) is 11.5 Å². The number of ether oxygens (including phenoxy) is 2. The minimum atomic E-state index is -0.950. The number of methoxy groups -OCH3 is 1. The van der Waals surface area contributed by atoms with Crippen LogP contribution in [0.1, 0.15) is 35.7 Å². The number of carbonyl (C=O) groups excluding carboxylic acids is 1. The fourth-order valence-corrected chi connectivity index (χ4v) is 3.74. The molecule has 1 aliphatic rings. The van der Waals surface area contributed by atoms with Crippen molar-refractivity contribution >= 4 is 11.9 Å². The molecule has 1 fully saturated rings. The van der Waals surface area contributed by atoms with Crippen LogP contribution in [0.5, 0.6) is 11.5 Å². The predicted octanol–water partition coefficient (Wildman–Crippen LogP) is 3.35. The first kappa shape index (κ1) is 19.7. The summed E-state index contributed by atoms with van der Waals surface area (Å²) in [6, 6.07) is 14.4. The molecule has 1 heterocycles. The lowest BCUT2D eigenvalue weighted by atomic mass is 9.73. The van der Waals surface area contributed by atoms with Crippen LogP contribution < -0.4 is 9.47 Å². The first-order valence-corrected chi connectivity index (χ1v) is 9.41. The third-order valence-electron chi connectivity index (χ3n) is 5.35. The van der Waals surface area contributed by atoms with Crippen molar-refractivity contribution in [2.24, 2.45) is 0 Å². The summed E-state index contributed by atoms with van der Waals surface area (Å²) in [6.07, 6.45) is 0.763. The lowest BCUT2D eigenvalue weighted by Gasteiger charge is -2.39. The molecular formula is C22H25NO5. The molecule has 1 N–H and O–H groups in total. The summed E-state index contributed by atoms with van der Waals surface area (Å²) in [5.41, 5.74) is 0.346. The van der Waals surface area contributed by atoms with Crippen molar-refractivity contribution in [2.45, 2.75) is 25.2 Å². The number of nitrogens with zero attached hydrogens (tertiary/aromatic N) is 1. The Morgan fingerprint density at radius 1 is 1.07 bits per heavy atom. The van der Waals surface area contributed by atoms with Crippen LogP contribution >= 0.6 is 0 Å². The number of carboxylic acids is 1. The maximum atomic E-state index is 13.0. The van der Waals surface area contributed by atoms with Gasteiger partial charge in [-0.15, -0.1) is 0 Å². The SMILES string of the molecule is CCOc1cc(C(=O)N2CCC(C(=O)O)(c3ccccc3)CC2)ccc1OC. The van der Waals surface area contributed by atoms with E-state index in [1.54, 1.807) is 30.2 Å². The quantitative estimate of drug-likeness (QED) is 0.828. The van der Waals surface area contributed by atoms with Gasteiger partial charge in [-0.3, -0.25) is 9.59 Å². The molecule has 28 heavy (non-hydrogen) atoms. The number of amides is 1.